The lowest BCUT2D eigenvalue weighted by atomic mass is 9.94. The zero-order valence-corrected chi connectivity index (χ0v) is 11.4. The number of rotatable bonds is 6. The lowest BCUT2D eigenvalue weighted by molar-refractivity contribution is -0.143. The first-order valence-electron chi connectivity index (χ1n) is 6.67. The summed E-state index contributed by atoms with van der Waals surface area (Å²) in [5.74, 6) is 0.671. The lowest BCUT2D eigenvalue weighted by Gasteiger charge is -2.29. The normalized spacial score (nSPS) is 20.2. The van der Waals surface area contributed by atoms with Crippen LogP contribution < -0.4 is 5.32 Å². The van der Waals surface area contributed by atoms with Gasteiger partial charge in [0, 0.05) is 0 Å². The highest BCUT2D eigenvalue weighted by atomic mass is 16.5. The molecule has 0 amide bonds. The molecule has 0 bridgehead atoms. The number of methoxy groups -OCH3 is 1. The van der Waals surface area contributed by atoms with Gasteiger partial charge >= 0.3 is 5.97 Å². The first kappa shape index (κ1) is 14.5. The van der Waals surface area contributed by atoms with Crippen LogP contribution in [0.1, 0.15) is 32.6 Å². The largest absolute Gasteiger partial charge is 0.468 e. The molecule has 0 aliphatic carbocycles. The van der Waals surface area contributed by atoms with Gasteiger partial charge in [-0.2, -0.15) is 0 Å². The van der Waals surface area contributed by atoms with Gasteiger partial charge in [0.15, 0.2) is 0 Å². The van der Waals surface area contributed by atoms with Crippen molar-refractivity contribution in [3.8, 4) is 0 Å². The molecule has 1 rings (SSSR count). The minimum absolute atomic E-state index is 0.133. The van der Waals surface area contributed by atoms with Crippen molar-refractivity contribution in [1.82, 2.24) is 10.2 Å². The molecule has 4 nitrogen and oxygen atoms in total. The molecule has 1 aliphatic rings. The SMILES string of the molecule is CCC(NCCC1CCN(C)CC1)C(=O)OC. The van der Waals surface area contributed by atoms with E-state index in [0.717, 1.165) is 18.9 Å². The maximum absolute atomic E-state index is 11.4. The van der Waals surface area contributed by atoms with E-state index in [1.54, 1.807) is 0 Å². The van der Waals surface area contributed by atoms with Crippen molar-refractivity contribution in [3.05, 3.63) is 0 Å². The highest BCUT2D eigenvalue weighted by Gasteiger charge is 2.19. The second-order valence-electron chi connectivity index (χ2n) is 4.97. The van der Waals surface area contributed by atoms with Crippen molar-refractivity contribution in [1.29, 1.82) is 0 Å². The van der Waals surface area contributed by atoms with Crippen LogP contribution in [0, 0.1) is 5.92 Å². The van der Waals surface area contributed by atoms with Gasteiger partial charge in [-0.3, -0.25) is 4.79 Å². The summed E-state index contributed by atoms with van der Waals surface area (Å²) in [6.07, 6.45) is 4.53. The number of likely N-dealkylation sites (tertiary alicyclic amines) is 1. The fourth-order valence-electron chi connectivity index (χ4n) is 2.35. The predicted octanol–water partition coefficient (Wildman–Crippen LogP) is 1.26. The van der Waals surface area contributed by atoms with Gasteiger partial charge in [-0.25, -0.2) is 0 Å². The minimum atomic E-state index is -0.143. The van der Waals surface area contributed by atoms with E-state index in [0.29, 0.717) is 0 Å². The molecular formula is C13H26N2O2. The molecule has 0 aromatic heterocycles. The van der Waals surface area contributed by atoms with Gasteiger partial charge in [0.25, 0.3) is 0 Å². The number of ether oxygens (including phenoxy) is 1. The second-order valence-corrected chi connectivity index (χ2v) is 4.97. The third-order valence-corrected chi connectivity index (χ3v) is 3.68. The molecule has 1 saturated heterocycles. The molecule has 1 unspecified atom stereocenters. The summed E-state index contributed by atoms with van der Waals surface area (Å²) in [5, 5.41) is 3.29. The predicted molar refractivity (Wildman–Crippen MR) is 68.9 cm³/mol. The van der Waals surface area contributed by atoms with E-state index in [9.17, 15) is 4.79 Å². The third-order valence-electron chi connectivity index (χ3n) is 3.68. The molecular weight excluding hydrogens is 216 g/mol. The molecule has 1 fully saturated rings. The van der Waals surface area contributed by atoms with Gasteiger partial charge in [0.05, 0.1) is 7.11 Å². The van der Waals surface area contributed by atoms with Crippen molar-refractivity contribution < 1.29 is 9.53 Å². The van der Waals surface area contributed by atoms with Crippen LogP contribution in [0.4, 0.5) is 0 Å². The zero-order chi connectivity index (χ0) is 12.7. The molecule has 17 heavy (non-hydrogen) atoms. The van der Waals surface area contributed by atoms with Gasteiger partial charge in [-0.1, -0.05) is 6.92 Å². The van der Waals surface area contributed by atoms with Crippen LogP contribution in [0.15, 0.2) is 0 Å². The Morgan fingerprint density at radius 1 is 1.47 bits per heavy atom. The molecule has 0 aromatic carbocycles. The van der Waals surface area contributed by atoms with E-state index in [2.05, 4.69) is 17.3 Å². The van der Waals surface area contributed by atoms with Gasteiger partial charge < -0.3 is 15.0 Å². The molecule has 0 saturated carbocycles. The molecule has 4 heteroatoms. The van der Waals surface area contributed by atoms with Crippen LogP contribution in [0.2, 0.25) is 0 Å². The van der Waals surface area contributed by atoms with Crippen LogP contribution in [-0.4, -0.2) is 50.7 Å². The molecule has 1 atom stereocenters. The van der Waals surface area contributed by atoms with Gasteiger partial charge in [0.2, 0.25) is 0 Å². The number of carbonyl (C=O) groups is 1. The average Bonchev–Trinajstić information content (AvgIpc) is 2.36. The molecule has 0 aromatic rings. The summed E-state index contributed by atoms with van der Waals surface area (Å²) in [5.41, 5.74) is 0. The van der Waals surface area contributed by atoms with E-state index >= 15 is 0 Å². The Bertz CT molecular complexity index is 225. The Morgan fingerprint density at radius 2 is 2.12 bits per heavy atom. The highest BCUT2D eigenvalue weighted by Crippen LogP contribution is 2.18. The van der Waals surface area contributed by atoms with E-state index in [1.165, 1.54) is 39.5 Å². The fourth-order valence-corrected chi connectivity index (χ4v) is 2.35. The summed E-state index contributed by atoms with van der Waals surface area (Å²) in [7, 11) is 3.63. The minimum Gasteiger partial charge on any atom is -0.468 e. The van der Waals surface area contributed by atoms with Crippen molar-refractivity contribution >= 4 is 5.97 Å². The maximum atomic E-state index is 11.4. The Balaban J connectivity index is 2.16. The standard InChI is InChI=1S/C13H26N2O2/c1-4-12(13(16)17-3)14-8-5-11-6-9-15(2)10-7-11/h11-12,14H,4-10H2,1-3H3. The average molecular weight is 242 g/mol. The van der Waals surface area contributed by atoms with Crippen LogP contribution in [0.3, 0.4) is 0 Å². The van der Waals surface area contributed by atoms with Crippen molar-refractivity contribution in [3.63, 3.8) is 0 Å². The van der Waals surface area contributed by atoms with Crippen LogP contribution >= 0.6 is 0 Å². The first-order chi connectivity index (χ1) is 8.17. The lowest BCUT2D eigenvalue weighted by Crippen LogP contribution is -2.39. The molecule has 100 valence electrons. The molecule has 1 heterocycles. The Morgan fingerprint density at radius 3 is 2.65 bits per heavy atom. The van der Waals surface area contributed by atoms with Crippen LogP contribution in [0.5, 0.6) is 0 Å². The van der Waals surface area contributed by atoms with E-state index in [1.807, 2.05) is 6.92 Å². The second kappa shape index (κ2) is 7.67. The molecule has 0 radical (unpaired) electrons. The highest BCUT2D eigenvalue weighted by molar-refractivity contribution is 5.75. The zero-order valence-electron chi connectivity index (χ0n) is 11.4. The van der Waals surface area contributed by atoms with Crippen molar-refractivity contribution in [2.45, 2.75) is 38.6 Å². The van der Waals surface area contributed by atoms with E-state index < -0.39 is 0 Å². The quantitative estimate of drug-likeness (QED) is 0.712. The molecule has 0 spiro atoms. The van der Waals surface area contributed by atoms with Crippen molar-refractivity contribution in [2.75, 3.05) is 33.8 Å². The van der Waals surface area contributed by atoms with Gasteiger partial charge in [-0.15, -0.1) is 0 Å². The summed E-state index contributed by atoms with van der Waals surface area (Å²) in [6, 6.07) is -0.133. The monoisotopic (exact) mass is 242 g/mol. The van der Waals surface area contributed by atoms with E-state index in [-0.39, 0.29) is 12.0 Å². The smallest absolute Gasteiger partial charge is 0.322 e. The summed E-state index contributed by atoms with van der Waals surface area (Å²) >= 11 is 0. The number of piperidine rings is 1. The molecule has 1 N–H and O–H groups in total. The Labute approximate surface area is 105 Å². The number of esters is 1. The van der Waals surface area contributed by atoms with Crippen LogP contribution in [0.25, 0.3) is 0 Å². The van der Waals surface area contributed by atoms with Crippen LogP contribution in [-0.2, 0) is 9.53 Å². The summed E-state index contributed by atoms with van der Waals surface area (Å²) in [4.78, 5) is 13.8. The Kier molecular flexibility index (Phi) is 6.52. The number of nitrogens with zero attached hydrogens (tertiary/aromatic N) is 1. The Hall–Kier alpha value is -0.610. The number of hydrogen-bond acceptors (Lipinski definition) is 4. The number of carbonyl (C=O) groups excluding carboxylic acids is 1. The maximum Gasteiger partial charge on any atom is 0.322 e. The summed E-state index contributed by atoms with van der Waals surface area (Å²) < 4.78 is 4.75. The van der Waals surface area contributed by atoms with Crippen molar-refractivity contribution in [2.24, 2.45) is 5.92 Å². The number of hydrogen-bond donors (Lipinski definition) is 1. The third kappa shape index (κ3) is 5.04. The van der Waals surface area contributed by atoms with Gasteiger partial charge in [0.1, 0.15) is 6.04 Å². The summed E-state index contributed by atoms with van der Waals surface area (Å²) in [6.45, 7) is 5.34. The fraction of sp³-hybridized carbons (Fsp3) is 0.923. The number of nitrogens with one attached hydrogen (secondary N) is 1. The van der Waals surface area contributed by atoms with Gasteiger partial charge in [-0.05, 0) is 58.3 Å². The topological polar surface area (TPSA) is 41.6 Å². The first-order valence-corrected chi connectivity index (χ1v) is 6.67. The molecule has 1 aliphatic heterocycles. The van der Waals surface area contributed by atoms with E-state index in [4.69, 9.17) is 4.74 Å².